The van der Waals surface area contributed by atoms with Crippen LogP contribution in [0.25, 0.3) is 0 Å². The third-order valence-corrected chi connectivity index (χ3v) is 5.95. The fourth-order valence-electron chi connectivity index (χ4n) is 4.76. The molecule has 1 aliphatic heterocycles. The van der Waals surface area contributed by atoms with E-state index >= 15 is 0 Å². The van der Waals surface area contributed by atoms with Gasteiger partial charge in [-0.3, -0.25) is 4.79 Å². The molecule has 4 atom stereocenters. The van der Waals surface area contributed by atoms with Crippen molar-refractivity contribution in [2.75, 3.05) is 7.11 Å². The number of hydrogen-bond donors (Lipinski definition) is 1. The quantitative estimate of drug-likeness (QED) is 0.844. The fraction of sp³-hybridized carbons (Fsp3) is 0.619. The Balaban J connectivity index is 1.68. The number of ether oxygens (including phenoxy) is 1. The van der Waals surface area contributed by atoms with E-state index in [-0.39, 0.29) is 17.9 Å². The van der Waals surface area contributed by atoms with Crippen molar-refractivity contribution in [1.82, 2.24) is 4.90 Å². The van der Waals surface area contributed by atoms with Gasteiger partial charge in [-0.25, -0.2) is 4.79 Å². The molecule has 142 valence electrons. The Hall–Kier alpha value is -2.04. The van der Waals surface area contributed by atoms with Crippen molar-refractivity contribution in [1.29, 1.82) is 0 Å². The van der Waals surface area contributed by atoms with Gasteiger partial charge in [0.05, 0.1) is 7.11 Å². The number of hydrogen-bond acceptors (Lipinski definition) is 3. The van der Waals surface area contributed by atoms with Crippen molar-refractivity contribution in [3.8, 4) is 5.75 Å². The Bertz CT molecular complexity index is 659. The molecule has 2 aliphatic rings. The summed E-state index contributed by atoms with van der Waals surface area (Å²) in [6.07, 6.45) is 5.98. The molecule has 4 unspecified atom stereocenters. The Morgan fingerprint density at radius 2 is 2.00 bits per heavy atom. The molecule has 1 aromatic carbocycles. The van der Waals surface area contributed by atoms with Crippen LogP contribution in [0.3, 0.4) is 0 Å². The van der Waals surface area contributed by atoms with Gasteiger partial charge < -0.3 is 14.7 Å². The predicted molar refractivity (Wildman–Crippen MR) is 99.1 cm³/mol. The second-order valence-corrected chi connectivity index (χ2v) is 7.83. The van der Waals surface area contributed by atoms with E-state index in [9.17, 15) is 14.7 Å². The molecule has 26 heavy (non-hydrogen) atoms. The predicted octanol–water partition coefficient (Wildman–Crippen LogP) is 3.51. The summed E-state index contributed by atoms with van der Waals surface area (Å²) >= 11 is 0. The number of amides is 1. The second-order valence-electron chi connectivity index (χ2n) is 7.83. The molecule has 1 amide bonds. The van der Waals surface area contributed by atoms with Gasteiger partial charge in [-0.1, -0.05) is 38.0 Å². The highest BCUT2D eigenvalue weighted by Gasteiger charge is 2.47. The summed E-state index contributed by atoms with van der Waals surface area (Å²) in [7, 11) is 1.65. The third kappa shape index (κ3) is 3.87. The highest BCUT2D eigenvalue weighted by Crippen LogP contribution is 2.40. The van der Waals surface area contributed by atoms with Crippen molar-refractivity contribution in [3.63, 3.8) is 0 Å². The third-order valence-electron chi connectivity index (χ3n) is 5.95. The lowest BCUT2D eigenvalue weighted by atomic mass is 9.84. The van der Waals surface area contributed by atoms with Crippen LogP contribution in [0.5, 0.6) is 5.75 Å². The van der Waals surface area contributed by atoms with Gasteiger partial charge in [0, 0.05) is 12.5 Å². The summed E-state index contributed by atoms with van der Waals surface area (Å²) in [5, 5.41) is 9.61. The van der Waals surface area contributed by atoms with E-state index in [4.69, 9.17) is 4.74 Å². The number of carboxylic acids is 1. The van der Waals surface area contributed by atoms with E-state index in [2.05, 4.69) is 6.92 Å². The SMILES string of the molecule is COc1ccccc1CC(C)CC(=O)N1C(C(=O)O)CC2CCCCC21. The maximum absolute atomic E-state index is 13.0. The molecule has 5 nitrogen and oxygen atoms in total. The molecule has 1 saturated carbocycles. The lowest BCUT2D eigenvalue weighted by Crippen LogP contribution is -2.46. The molecule has 2 fully saturated rings. The zero-order valence-electron chi connectivity index (χ0n) is 15.7. The minimum absolute atomic E-state index is 0.00537. The molecule has 0 bridgehead atoms. The number of carboxylic acid groups (broad SMARTS) is 1. The molecular weight excluding hydrogens is 330 g/mol. The Labute approximate surface area is 155 Å². The van der Waals surface area contributed by atoms with Gasteiger partial charge in [0.25, 0.3) is 0 Å². The number of aliphatic carboxylic acids is 1. The Kier molecular flexibility index (Phi) is 5.84. The highest BCUT2D eigenvalue weighted by molar-refractivity contribution is 5.85. The summed E-state index contributed by atoms with van der Waals surface area (Å²) in [5.74, 6) is 0.470. The number of carbonyl (C=O) groups excluding carboxylic acids is 1. The number of benzene rings is 1. The minimum Gasteiger partial charge on any atom is -0.496 e. The molecule has 1 heterocycles. The summed E-state index contributed by atoms with van der Waals surface area (Å²) in [6.45, 7) is 2.05. The van der Waals surface area contributed by atoms with Gasteiger partial charge in [-0.05, 0) is 49.1 Å². The van der Waals surface area contributed by atoms with E-state index in [1.165, 1.54) is 0 Å². The molecule has 1 saturated heterocycles. The zero-order valence-corrected chi connectivity index (χ0v) is 15.7. The molecular formula is C21H29NO4. The van der Waals surface area contributed by atoms with E-state index in [0.717, 1.165) is 43.4 Å². The maximum Gasteiger partial charge on any atom is 0.326 e. The molecule has 5 heteroatoms. The van der Waals surface area contributed by atoms with Crippen LogP contribution in [0, 0.1) is 11.8 Å². The number of carbonyl (C=O) groups is 2. The lowest BCUT2D eigenvalue weighted by Gasteiger charge is -2.33. The van der Waals surface area contributed by atoms with Crippen LogP contribution in [-0.4, -0.2) is 41.1 Å². The molecule has 1 aliphatic carbocycles. The van der Waals surface area contributed by atoms with E-state index < -0.39 is 12.0 Å². The molecule has 1 N–H and O–H groups in total. The number of rotatable bonds is 6. The van der Waals surface area contributed by atoms with Crippen LogP contribution in [0.15, 0.2) is 24.3 Å². The smallest absolute Gasteiger partial charge is 0.326 e. The first kappa shape index (κ1) is 18.7. The number of fused-ring (bicyclic) bond motifs is 1. The monoisotopic (exact) mass is 359 g/mol. The Morgan fingerprint density at radius 1 is 1.27 bits per heavy atom. The topological polar surface area (TPSA) is 66.8 Å². The molecule has 0 aromatic heterocycles. The van der Waals surface area contributed by atoms with Crippen LogP contribution in [0.1, 0.15) is 51.0 Å². The average Bonchev–Trinajstić information content (AvgIpc) is 3.02. The van der Waals surface area contributed by atoms with Gasteiger partial charge in [0.2, 0.25) is 5.91 Å². The van der Waals surface area contributed by atoms with Gasteiger partial charge >= 0.3 is 5.97 Å². The standard InChI is InChI=1S/C21H29NO4/c1-14(11-16-8-4-6-10-19(16)26-2)12-20(23)22-17-9-5-3-7-15(17)13-18(22)21(24)25/h4,6,8,10,14-15,17-18H,3,5,7,9,11-13H2,1-2H3,(H,24,25). The second kappa shape index (κ2) is 8.11. The molecule has 0 radical (unpaired) electrons. The minimum atomic E-state index is -0.856. The fourth-order valence-corrected chi connectivity index (χ4v) is 4.76. The molecule has 1 aromatic rings. The van der Waals surface area contributed by atoms with Crippen LogP contribution in [0.4, 0.5) is 0 Å². The van der Waals surface area contributed by atoms with Crippen molar-refractivity contribution in [3.05, 3.63) is 29.8 Å². The first-order valence-electron chi connectivity index (χ1n) is 9.67. The first-order chi connectivity index (χ1) is 12.5. The van der Waals surface area contributed by atoms with Gasteiger partial charge in [-0.15, -0.1) is 0 Å². The first-order valence-corrected chi connectivity index (χ1v) is 9.67. The largest absolute Gasteiger partial charge is 0.496 e. The van der Waals surface area contributed by atoms with Gasteiger partial charge in [0.1, 0.15) is 11.8 Å². The lowest BCUT2D eigenvalue weighted by molar-refractivity contribution is -0.150. The van der Waals surface area contributed by atoms with E-state index in [1.807, 2.05) is 24.3 Å². The highest BCUT2D eigenvalue weighted by atomic mass is 16.5. The number of likely N-dealkylation sites (tertiary alicyclic amines) is 1. The maximum atomic E-state index is 13.0. The van der Waals surface area contributed by atoms with Crippen LogP contribution in [0.2, 0.25) is 0 Å². The van der Waals surface area contributed by atoms with Crippen LogP contribution < -0.4 is 4.74 Å². The van der Waals surface area contributed by atoms with Crippen LogP contribution in [-0.2, 0) is 16.0 Å². The van der Waals surface area contributed by atoms with E-state index in [1.54, 1.807) is 12.0 Å². The van der Waals surface area contributed by atoms with Crippen molar-refractivity contribution < 1.29 is 19.4 Å². The van der Waals surface area contributed by atoms with Crippen LogP contribution >= 0.6 is 0 Å². The number of nitrogens with zero attached hydrogens (tertiary/aromatic N) is 1. The summed E-state index contributed by atoms with van der Waals surface area (Å²) < 4.78 is 5.40. The Morgan fingerprint density at radius 3 is 2.73 bits per heavy atom. The zero-order chi connectivity index (χ0) is 18.7. The molecule has 3 rings (SSSR count). The van der Waals surface area contributed by atoms with Crippen molar-refractivity contribution >= 4 is 11.9 Å². The molecule has 0 spiro atoms. The normalized spacial score (nSPS) is 26.2. The number of para-hydroxylation sites is 1. The number of methoxy groups -OCH3 is 1. The summed E-state index contributed by atoms with van der Waals surface area (Å²) in [5.41, 5.74) is 1.09. The summed E-state index contributed by atoms with van der Waals surface area (Å²) in [4.78, 5) is 26.4. The van der Waals surface area contributed by atoms with Crippen molar-refractivity contribution in [2.24, 2.45) is 11.8 Å². The average molecular weight is 359 g/mol. The van der Waals surface area contributed by atoms with Crippen molar-refractivity contribution in [2.45, 2.75) is 64.0 Å². The van der Waals surface area contributed by atoms with Gasteiger partial charge in [0.15, 0.2) is 0 Å². The van der Waals surface area contributed by atoms with Gasteiger partial charge in [-0.2, -0.15) is 0 Å². The summed E-state index contributed by atoms with van der Waals surface area (Å²) in [6, 6.07) is 7.33. The van der Waals surface area contributed by atoms with E-state index in [0.29, 0.717) is 18.8 Å².